The molecule has 0 spiro atoms. The first-order valence-corrected chi connectivity index (χ1v) is 6.40. The topological polar surface area (TPSA) is 32.3 Å². The molecule has 1 N–H and O–H groups in total. The number of benzene rings is 2. The van der Waals surface area contributed by atoms with E-state index in [4.69, 9.17) is 0 Å². The summed E-state index contributed by atoms with van der Waals surface area (Å²) in [5, 5.41) is 1.65. The van der Waals surface area contributed by atoms with E-state index in [1.807, 2.05) is 48.5 Å². The van der Waals surface area contributed by atoms with Crippen LogP contribution in [0.5, 0.6) is 0 Å². The maximum atomic E-state index is 12.2. The molecule has 1 saturated heterocycles. The number of anilines is 1. The quantitative estimate of drug-likeness (QED) is 0.891. The highest BCUT2D eigenvalue weighted by Gasteiger charge is 2.40. The number of hydrogen-bond donors (Lipinski definition) is 1. The number of amides is 1. The van der Waals surface area contributed by atoms with Gasteiger partial charge in [-0.2, -0.15) is 0 Å². The summed E-state index contributed by atoms with van der Waals surface area (Å²) >= 11 is 0. The SMILES string of the molecule is CC1(c2ccccc2)CC(=O)N(c2ccccc2)N1. The van der Waals surface area contributed by atoms with Crippen LogP contribution in [0.15, 0.2) is 60.7 Å². The Morgan fingerprint density at radius 1 is 1.00 bits per heavy atom. The van der Waals surface area contributed by atoms with E-state index in [1.165, 1.54) is 0 Å². The number of carbonyl (C=O) groups is 1. The van der Waals surface area contributed by atoms with Gasteiger partial charge in [-0.05, 0) is 24.6 Å². The van der Waals surface area contributed by atoms with Crippen molar-refractivity contribution in [1.82, 2.24) is 5.43 Å². The van der Waals surface area contributed by atoms with E-state index in [-0.39, 0.29) is 11.4 Å². The Morgan fingerprint density at radius 3 is 2.21 bits per heavy atom. The fraction of sp³-hybridized carbons (Fsp3) is 0.188. The van der Waals surface area contributed by atoms with Gasteiger partial charge in [0, 0.05) is 0 Å². The Morgan fingerprint density at radius 2 is 1.58 bits per heavy atom. The van der Waals surface area contributed by atoms with Crippen LogP contribution in [-0.2, 0) is 10.3 Å². The van der Waals surface area contributed by atoms with Crippen LogP contribution in [0.2, 0.25) is 0 Å². The van der Waals surface area contributed by atoms with E-state index >= 15 is 0 Å². The van der Waals surface area contributed by atoms with Gasteiger partial charge in [0.25, 0.3) is 0 Å². The predicted octanol–water partition coefficient (Wildman–Crippen LogP) is 2.84. The minimum Gasteiger partial charge on any atom is -0.273 e. The lowest BCUT2D eigenvalue weighted by Gasteiger charge is -2.26. The molecular weight excluding hydrogens is 236 g/mol. The molecule has 1 amide bonds. The van der Waals surface area contributed by atoms with E-state index < -0.39 is 0 Å². The Balaban J connectivity index is 1.92. The summed E-state index contributed by atoms with van der Waals surface area (Å²) in [5.74, 6) is 0.0950. The number of carbonyl (C=O) groups excluding carboxylic acids is 1. The third-order valence-electron chi connectivity index (χ3n) is 3.54. The van der Waals surface area contributed by atoms with Crippen LogP contribution < -0.4 is 10.4 Å². The van der Waals surface area contributed by atoms with Gasteiger partial charge in [-0.1, -0.05) is 48.5 Å². The van der Waals surface area contributed by atoms with Crippen molar-refractivity contribution in [3.8, 4) is 0 Å². The predicted molar refractivity (Wildman–Crippen MR) is 75.5 cm³/mol. The van der Waals surface area contributed by atoms with E-state index in [2.05, 4.69) is 24.5 Å². The van der Waals surface area contributed by atoms with Gasteiger partial charge in [0.1, 0.15) is 0 Å². The first-order chi connectivity index (χ1) is 9.19. The van der Waals surface area contributed by atoms with Gasteiger partial charge >= 0.3 is 0 Å². The molecule has 2 aromatic rings. The first-order valence-electron chi connectivity index (χ1n) is 6.40. The monoisotopic (exact) mass is 252 g/mol. The molecule has 1 unspecified atom stereocenters. The van der Waals surface area contributed by atoms with Gasteiger partial charge in [-0.25, -0.2) is 10.4 Å². The van der Waals surface area contributed by atoms with E-state index in [1.54, 1.807) is 5.01 Å². The van der Waals surface area contributed by atoms with Crippen LogP contribution in [-0.4, -0.2) is 5.91 Å². The van der Waals surface area contributed by atoms with Gasteiger partial charge in [-0.3, -0.25) is 4.79 Å². The Hall–Kier alpha value is -2.13. The van der Waals surface area contributed by atoms with Crippen LogP contribution in [0.3, 0.4) is 0 Å². The second-order valence-electron chi connectivity index (χ2n) is 5.05. The van der Waals surface area contributed by atoms with Gasteiger partial charge in [0.2, 0.25) is 5.91 Å². The standard InChI is InChI=1S/C16H16N2O/c1-16(13-8-4-2-5-9-13)12-15(19)18(17-16)14-10-6-3-7-11-14/h2-11,17H,12H2,1H3. The lowest BCUT2D eigenvalue weighted by Crippen LogP contribution is -2.42. The second kappa shape index (κ2) is 4.52. The number of nitrogens with zero attached hydrogens (tertiary/aromatic N) is 1. The third-order valence-corrected chi connectivity index (χ3v) is 3.54. The van der Waals surface area contributed by atoms with Gasteiger partial charge in [-0.15, -0.1) is 0 Å². The van der Waals surface area contributed by atoms with Crippen LogP contribution in [0.25, 0.3) is 0 Å². The summed E-state index contributed by atoms with van der Waals surface area (Å²) in [6.07, 6.45) is 0.464. The lowest BCUT2D eigenvalue weighted by atomic mass is 9.90. The molecule has 96 valence electrons. The zero-order valence-corrected chi connectivity index (χ0v) is 10.8. The number of rotatable bonds is 2. The summed E-state index contributed by atoms with van der Waals surface area (Å²) in [6, 6.07) is 19.8. The van der Waals surface area contributed by atoms with E-state index in [0.717, 1.165) is 11.3 Å². The molecule has 1 aliphatic heterocycles. The van der Waals surface area contributed by atoms with Gasteiger partial charge < -0.3 is 0 Å². The minimum absolute atomic E-state index is 0.0950. The summed E-state index contributed by atoms with van der Waals surface area (Å²) in [6.45, 7) is 2.06. The molecule has 1 aliphatic rings. The molecule has 0 aliphatic carbocycles. The lowest BCUT2D eigenvalue weighted by molar-refractivity contribution is -0.117. The van der Waals surface area contributed by atoms with Crippen molar-refractivity contribution < 1.29 is 4.79 Å². The average Bonchev–Trinajstić information content (AvgIpc) is 2.77. The molecule has 0 aromatic heterocycles. The number of para-hydroxylation sites is 1. The van der Waals surface area contributed by atoms with Gasteiger partial charge in [0.05, 0.1) is 17.6 Å². The number of hydrazine groups is 1. The zero-order chi connectivity index (χ0) is 13.3. The molecule has 2 aromatic carbocycles. The summed E-state index contributed by atoms with van der Waals surface area (Å²) in [7, 11) is 0. The Labute approximate surface area is 112 Å². The minimum atomic E-state index is -0.339. The van der Waals surface area contributed by atoms with Gasteiger partial charge in [0.15, 0.2) is 0 Å². The largest absolute Gasteiger partial charge is 0.273 e. The zero-order valence-electron chi connectivity index (χ0n) is 10.8. The van der Waals surface area contributed by atoms with Crippen molar-refractivity contribution in [3.05, 3.63) is 66.2 Å². The van der Waals surface area contributed by atoms with E-state index in [9.17, 15) is 4.79 Å². The van der Waals surface area contributed by atoms with Crippen molar-refractivity contribution in [1.29, 1.82) is 0 Å². The van der Waals surface area contributed by atoms with E-state index in [0.29, 0.717) is 6.42 Å². The Kier molecular flexibility index (Phi) is 2.84. The van der Waals surface area contributed by atoms with Crippen molar-refractivity contribution in [2.24, 2.45) is 0 Å². The smallest absolute Gasteiger partial charge is 0.243 e. The molecule has 0 radical (unpaired) electrons. The highest BCUT2D eigenvalue weighted by atomic mass is 16.2. The normalized spacial score (nSPS) is 22.8. The molecule has 0 bridgehead atoms. The molecule has 1 heterocycles. The second-order valence-corrected chi connectivity index (χ2v) is 5.05. The summed E-state index contributed by atoms with van der Waals surface area (Å²) < 4.78 is 0. The van der Waals surface area contributed by atoms with Crippen molar-refractivity contribution >= 4 is 11.6 Å². The molecule has 0 saturated carbocycles. The summed E-state index contributed by atoms with van der Waals surface area (Å²) in [4.78, 5) is 12.2. The molecule has 1 atom stereocenters. The summed E-state index contributed by atoms with van der Waals surface area (Å²) in [5.41, 5.74) is 5.00. The van der Waals surface area contributed by atoms with Crippen molar-refractivity contribution in [3.63, 3.8) is 0 Å². The maximum absolute atomic E-state index is 12.2. The van der Waals surface area contributed by atoms with Crippen LogP contribution in [0, 0.1) is 0 Å². The molecule has 19 heavy (non-hydrogen) atoms. The van der Waals surface area contributed by atoms with Crippen molar-refractivity contribution in [2.45, 2.75) is 18.9 Å². The van der Waals surface area contributed by atoms with Crippen LogP contribution in [0.4, 0.5) is 5.69 Å². The Bertz CT molecular complexity index is 582. The molecule has 1 fully saturated rings. The fourth-order valence-corrected chi connectivity index (χ4v) is 2.49. The first kappa shape index (κ1) is 11.9. The highest BCUT2D eigenvalue weighted by molar-refractivity contribution is 5.95. The van der Waals surface area contributed by atoms with Crippen LogP contribution >= 0.6 is 0 Å². The van der Waals surface area contributed by atoms with Crippen LogP contribution in [0.1, 0.15) is 18.9 Å². The average molecular weight is 252 g/mol. The molecule has 3 rings (SSSR count). The molecule has 3 heteroatoms. The van der Waals surface area contributed by atoms with Crippen molar-refractivity contribution in [2.75, 3.05) is 5.01 Å². The number of nitrogens with one attached hydrogen (secondary N) is 1. The highest BCUT2D eigenvalue weighted by Crippen LogP contribution is 2.32. The maximum Gasteiger partial charge on any atom is 0.243 e. The fourth-order valence-electron chi connectivity index (χ4n) is 2.49. The molecule has 3 nitrogen and oxygen atoms in total. The number of hydrogen-bond acceptors (Lipinski definition) is 2. The molecular formula is C16H16N2O. The third kappa shape index (κ3) is 2.13.